The van der Waals surface area contributed by atoms with Crippen LogP contribution >= 0.6 is 0 Å². The number of carbonyl (C=O) groups is 1. The molecule has 0 aliphatic rings. The zero-order valence-corrected chi connectivity index (χ0v) is 16.1. The second-order valence-electron chi connectivity index (χ2n) is 6.24. The maximum atomic E-state index is 11.9. The monoisotopic (exact) mass is 372 g/mol. The molecule has 2 rings (SSSR count). The van der Waals surface area contributed by atoms with E-state index in [1.165, 1.54) is 0 Å². The Morgan fingerprint density at radius 3 is 1.93 bits per heavy atom. The lowest BCUT2D eigenvalue weighted by molar-refractivity contribution is -0.129. The van der Waals surface area contributed by atoms with Gasteiger partial charge in [-0.15, -0.1) is 0 Å². The maximum Gasteiger partial charge on any atom is 0.335 e. The molecule has 1 atom stereocenters. The summed E-state index contributed by atoms with van der Waals surface area (Å²) in [6.07, 6.45) is 7.72. The Kier molecular flexibility index (Phi) is 6.56. The minimum Gasteiger partial charge on any atom is -0.507 e. The highest BCUT2D eigenvalue weighted by Crippen LogP contribution is 2.41. The van der Waals surface area contributed by atoms with E-state index in [0.29, 0.717) is 28.0 Å². The fourth-order valence-electron chi connectivity index (χ4n) is 3.02. The quantitative estimate of drug-likeness (QED) is 0.340. The van der Waals surface area contributed by atoms with Crippen LogP contribution < -0.4 is 4.74 Å². The zero-order valence-electron chi connectivity index (χ0n) is 16.1. The first-order valence-electron chi connectivity index (χ1n) is 8.78. The number of hydrogen-bond acceptors (Lipinski definition) is 3. The summed E-state index contributed by atoms with van der Waals surface area (Å²) in [7, 11) is 0. The van der Waals surface area contributed by atoms with Crippen molar-refractivity contribution in [1.82, 2.24) is 0 Å². The van der Waals surface area contributed by atoms with Crippen LogP contribution in [0.2, 0.25) is 0 Å². The van der Waals surface area contributed by atoms with Gasteiger partial charge in [-0.05, 0) is 35.4 Å². The van der Waals surface area contributed by atoms with E-state index in [9.17, 15) is 9.90 Å². The van der Waals surface area contributed by atoms with Crippen LogP contribution in [-0.4, -0.2) is 11.1 Å². The molecule has 0 heterocycles. The summed E-state index contributed by atoms with van der Waals surface area (Å²) in [6, 6.07) is 7.37. The SMILES string of the molecule is C=CC(=O)Oc1c(C=C)cc(C=C)cc1C(C)c1cc(C=C)cc(C=C)c1O. The maximum absolute atomic E-state index is 11.9. The molecule has 3 nitrogen and oxygen atoms in total. The summed E-state index contributed by atoms with van der Waals surface area (Å²) in [4.78, 5) is 11.9. The van der Waals surface area contributed by atoms with E-state index in [1.807, 2.05) is 25.1 Å². The van der Waals surface area contributed by atoms with Crippen LogP contribution in [0.1, 0.15) is 46.2 Å². The van der Waals surface area contributed by atoms with Gasteiger partial charge in [-0.3, -0.25) is 0 Å². The fraction of sp³-hybridized carbons (Fsp3) is 0.0800. The minimum absolute atomic E-state index is 0.123. The molecule has 28 heavy (non-hydrogen) atoms. The van der Waals surface area contributed by atoms with Gasteiger partial charge in [0.25, 0.3) is 0 Å². The topological polar surface area (TPSA) is 46.5 Å². The number of rotatable bonds is 8. The summed E-state index contributed by atoms with van der Waals surface area (Å²) >= 11 is 0. The number of phenols is 1. The van der Waals surface area contributed by atoms with E-state index >= 15 is 0 Å². The van der Waals surface area contributed by atoms with Crippen molar-refractivity contribution in [2.24, 2.45) is 0 Å². The smallest absolute Gasteiger partial charge is 0.335 e. The van der Waals surface area contributed by atoms with E-state index in [-0.39, 0.29) is 11.7 Å². The summed E-state index contributed by atoms with van der Waals surface area (Å²) in [5, 5.41) is 10.7. The van der Waals surface area contributed by atoms with Gasteiger partial charge in [0.15, 0.2) is 0 Å². The van der Waals surface area contributed by atoms with Crippen molar-refractivity contribution >= 4 is 30.3 Å². The van der Waals surface area contributed by atoms with Crippen LogP contribution in [0.4, 0.5) is 0 Å². The number of benzene rings is 2. The van der Waals surface area contributed by atoms with Crippen LogP contribution in [0, 0.1) is 0 Å². The summed E-state index contributed by atoms with van der Waals surface area (Å²) < 4.78 is 5.53. The van der Waals surface area contributed by atoms with Crippen molar-refractivity contribution in [3.05, 3.63) is 96.6 Å². The van der Waals surface area contributed by atoms with Crippen LogP contribution in [0.3, 0.4) is 0 Å². The highest BCUT2D eigenvalue weighted by atomic mass is 16.5. The van der Waals surface area contributed by atoms with Crippen molar-refractivity contribution in [2.75, 3.05) is 0 Å². The third-order valence-electron chi connectivity index (χ3n) is 4.57. The van der Waals surface area contributed by atoms with Crippen LogP contribution in [0.15, 0.2) is 63.2 Å². The highest BCUT2D eigenvalue weighted by Gasteiger charge is 2.22. The Morgan fingerprint density at radius 1 is 0.893 bits per heavy atom. The molecule has 0 saturated heterocycles. The lowest BCUT2D eigenvalue weighted by Crippen LogP contribution is -2.10. The number of aromatic hydroxyl groups is 1. The van der Waals surface area contributed by atoms with Crippen molar-refractivity contribution < 1.29 is 14.6 Å². The first-order chi connectivity index (χ1) is 13.4. The molecule has 1 N–H and O–H groups in total. The standard InChI is InChI=1S/C25H24O3/c1-7-17-12-19(9-3)24(27)21(14-17)16(6)22-15-18(8-2)13-20(10-4)25(22)28-23(26)11-5/h7-16,27H,1-5H2,6H3. The first kappa shape index (κ1) is 20.7. The molecule has 0 aliphatic carbocycles. The number of ether oxygens (including phenoxy) is 1. The van der Waals surface area contributed by atoms with E-state index in [2.05, 4.69) is 32.9 Å². The van der Waals surface area contributed by atoms with Crippen LogP contribution in [-0.2, 0) is 4.79 Å². The van der Waals surface area contributed by atoms with E-state index < -0.39 is 5.97 Å². The third-order valence-corrected chi connectivity index (χ3v) is 4.57. The molecule has 1 unspecified atom stereocenters. The molecule has 2 aromatic carbocycles. The number of carbonyl (C=O) groups excluding carboxylic acids is 1. The third kappa shape index (κ3) is 4.04. The number of phenolic OH excluding ortho intramolecular Hbond substituents is 1. The average molecular weight is 372 g/mol. The lowest BCUT2D eigenvalue weighted by Gasteiger charge is -2.21. The first-order valence-corrected chi connectivity index (χ1v) is 8.78. The molecule has 0 spiro atoms. The Bertz CT molecular complexity index is 980. The second kappa shape index (κ2) is 8.87. The van der Waals surface area contributed by atoms with Gasteiger partial charge in [-0.1, -0.05) is 64.1 Å². The van der Waals surface area contributed by atoms with E-state index in [4.69, 9.17) is 4.74 Å². The molecule has 0 aromatic heterocycles. The van der Waals surface area contributed by atoms with Gasteiger partial charge in [0.1, 0.15) is 11.5 Å². The summed E-state index contributed by atoms with van der Waals surface area (Å²) in [6.45, 7) is 20.6. The molecular weight excluding hydrogens is 348 g/mol. The fourth-order valence-corrected chi connectivity index (χ4v) is 3.02. The lowest BCUT2D eigenvalue weighted by atomic mass is 9.87. The summed E-state index contributed by atoms with van der Waals surface area (Å²) in [5.41, 5.74) is 4.33. The number of esters is 1. The molecule has 0 radical (unpaired) electrons. The normalized spacial score (nSPS) is 11.2. The molecule has 0 saturated carbocycles. The molecule has 0 fully saturated rings. The number of hydrogen-bond donors (Lipinski definition) is 1. The predicted molar refractivity (Wildman–Crippen MR) is 118 cm³/mol. The Balaban J connectivity index is 2.78. The molecule has 3 heteroatoms. The van der Waals surface area contributed by atoms with Gasteiger partial charge >= 0.3 is 5.97 Å². The van der Waals surface area contributed by atoms with Crippen molar-refractivity contribution in [2.45, 2.75) is 12.8 Å². The van der Waals surface area contributed by atoms with E-state index in [1.54, 1.807) is 30.4 Å². The Morgan fingerprint density at radius 2 is 1.43 bits per heavy atom. The largest absolute Gasteiger partial charge is 0.507 e. The zero-order chi connectivity index (χ0) is 20.8. The molecule has 0 amide bonds. The predicted octanol–water partition coefficient (Wildman–Crippen LogP) is 6.21. The van der Waals surface area contributed by atoms with E-state index in [0.717, 1.165) is 17.2 Å². The Hall–Kier alpha value is -3.59. The molecule has 2 aromatic rings. The van der Waals surface area contributed by atoms with Crippen molar-refractivity contribution in [3.63, 3.8) is 0 Å². The van der Waals surface area contributed by atoms with Gasteiger partial charge in [0.05, 0.1) is 0 Å². The Labute approximate surface area is 166 Å². The molecule has 0 bridgehead atoms. The van der Waals surface area contributed by atoms with Gasteiger partial charge in [-0.2, -0.15) is 0 Å². The van der Waals surface area contributed by atoms with Gasteiger partial charge in [-0.25, -0.2) is 4.79 Å². The minimum atomic E-state index is -0.571. The van der Waals surface area contributed by atoms with Crippen LogP contribution in [0.25, 0.3) is 24.3 Å². The van der Waals surface area contributed by atoms with Crippen LogP contribution in [0.5, 0.6) is 11.5 Å². The molecule has 142 valence electrons. The van der Waals surface area contributed by atoms with Gasteiger partial charge < -0.3 is 9.84 Å². The second-order valence-corrected chi connectivity index (χ2v) is 6.24. The molecule has 0 aliphatic heterocycles. The highest BCUT2D eigenvalue weighted by molar-refractivity contribution is 5.85. The summed E-state index contributed by atoms with van der Waals surface area (Å²) in [5.74, 6) is -0.372. The van der Waals surface area contributed by atoms with Gasteiger partial charge in [0.2, 0.25) is 0 Å². The van der Waals surface area contributed by atoms with Gasteiger partial charge in [0, 0.05) is 34.2 Å². The molecular formula is C25H24O3. The van der Waals surface area contributed by atoms with Crippen molar-refractivity contribution in [1.29, 1.82) is 0 Å². The van der Waals surface area contributed by atoms with Crippen molar-refractivity contribution in [3.8, 4) is 11.5 Å². The average Bonchev–Trinajstić information content (AvgIpc) is 2.73.